The van der Waals surface area contributed by atoms with Gasteiger partial charge in [-0.25, -0.2) is 4.98 Å². The Kier molecular flexibility index (Phi) is 3.52. The third-order valence-electron chi connectivity index (χ3n) is 5.23. The summed E-state index contributed by atoms with van der Waals surface area (Å²) in [5, 5.41) is 9.04. The molecule has 0 spiro atoms. The Balaban J connectivity index is 1.71. The molecule has 0 unspecified atom stereocenters. The van der Waals surface area contributed by atoms with Gasteiger partial charge in [0.1, 0.15) is 23.6 Å². The van der Waals surface area contributed by atoms with E-state index in [-0.39, 0.29) is 12.0 Å². The van der Waals surface area contributed by atoms with E-state index in [2.05, 4.69) is 38.2 Å². The lowest BCUT2D eigenvalue weighted by molar-refractivity contribution is -0.0128. The maximum Gasteiger partial charge on any atom is 0.139 e. The molecule has 4 rings (SSSR count). The molecule has 0 aromatic carbocycles. The molecule has 1 fully saturated rings. The summed E-state index contributed by atoms with van der Waals surface area (Å²) >= 11 is 0. The molecule has 2 aliphatic heterocycles. The minimum Gasteiger partial charge on any atom is -0.370 e. The number of hydrogen-bond acceptors (Lipinski definition) is 4. The molecular weight excluding hydrogens is 290 g/mol. The number of rotatable bonds is 2. The third kappa shape index (κ3) is 2.59. The number of fused-ring (bicyclic) bond motifs is 1. The van der Waals surface area contributed by atoms with Crippen LogP contribution in [-0.2, 0) is 24.8 Å². The Hall–Kier alpha value is -1.69. The highest BCUT2D eigenvalue weighted by Crippen LogP contribution is 2.41. The van der Waals surface area contributed by atoms with Gasteiger partial charge in [-0.15, -0.1) is 10.2 Å². The van der Waals surface area contributed by atoms with E-state index >= 15 is 0 Å². The molecule has 124 valence electrons. The summed E-state index contributed by atoms with van der Waals surface area (Å²) in [5.41, 5.74) is 0.304. The van der Waals surface area contributed by atoms with Crippen LogP contribution in [-0.4, -0.2) is 30.9 Å². The SMILES string of the molecule is Cn1ccnc1[C@@H]1OCCC[C@H]1c1nnc2n1CC(C)(C)CC2. The lowest BCUT2D eigenvalue weighted by Gasteiger charge is -2.34. The molecule has 0 aliphatic carbocycles. The van der Waals surface area contributed by atoms with Gasteiger partial charge in [-0.1, -0.05) is 13.8 Å². The summed E-state index contributed by atoms with van der Waals surface area (Å²) in [7, 11) is 2.03. The van der Waals surface area contributed by atoms with Crippen LogP contribution in [0.5, 0.6) is 0 Å². The number of aromatic nitrogens is 5. The van der Waals surface area contributed by atoms with E-state index in [1.165, 1.54) is 6.42 Å². The monoisotopic (exact) mass is 315 g/mol. The fraction of sp³-hybridized carbons (Fsp3) is 0.706. The molecule has 6 heteroatoms. The van der Waals surface area contributed by atoms with Gasteiger partial charge < -0.3 is 13.9 Å². The van der Waals surface area contributed by atoms with Crippen LogP contribution in [0, 0.1) is 5.41 Å². The first-order valence-electron chi connectivity index (χ1n) is 8.56. The van der Waals surface area contributed by atoms with Gasteiger partial charge in [0, 0.05) is 39.0 Å². The van der Waals surface area contributed by atoms with Crippen LogP contribution in [0.2, 0.25) is 0 Å². The molecule has 23 heavy (non-hydrogen) atoms. The zero-order chi connectivity index (χ0) is 16.0. The number of hydrogen-bond donors (Lipinski definition) is 0. The predicted molar refractivity (Wildman–Crippen MR) is 86.0 cm³/mol. The van der Waals surface area contributed by atoms with Gasteiger partial charge in [0.25, 0.3) is 0 Å². The van der Waals surface area contributed by atoms with Crippen molar-refractivity contribution in [2.45, 2.75) is 58.1 Å². The molecule has 0 radical (unpaired) electrons. The van der Waals surface area contributed by atoms with Crippen molar-refractivity contribution in [3.8, 4) is 0 Å². The van der Waals surface area contributed by atoms with Crippen molar-refractivity contribution in [2.75, 3.05) is 6.61 Å². The van der Waals surface area contributed by atoms with E-state index in [9.17, 15) is 0 Å². The van der Waals surface area contributed by atoms with E-state index in [0.29, 0.717) is 5.41 Å². The molecule has 0 N–H and O–H groups in total. The van der Waals surface area contributed by atoms with Crippen LogP contribution in [0.15, 0.2) is 12.4 Å². The van der Waals surface area contributed by atoms with E-state index < -0.39 is 0 Å². The quantitative estimate of drug-likeness (QED) is 0.855. The first-order valence-corrected chi connectivity index (χ1v) is 8.56. The van der Waals surface area contributed by atoms with E-state index in [4.69, 9.17) is 4.74 Å². The van der Waals surface area contributed by atoms with Gasteiger partial charge in [0.05, 0.1) is 5.92 Å². The Bertz CT molecular complexity index is 702. The zero-order valence-corrected chi connectivity index (χ0v) is 14.2. The maximum absolute atomic E-state index is 6.12. The number of nitrogens with zero attached hydrogens (tertiary/aromatic N) is 5. The summed E-state index contributed by atoms with van der Waals surface area (Å²) in [6.45, 7) is 6.44. The van der Waals surface area contributed by atoms with Gasteiger partial charge in [-0.2, -0.15) is 0 Å². The van der Waals surface area contributed by atoms with Gasteiger partial charge >= 0.3 is 0 Å². The second-order valence-electron chi connectivity index (χ2n) is 7.66. The summed E-state index contributed by atoms with van der Waals surface area (Å²) in [5.74, 6) is 3.44. The normalized spacial score (nSPS) is 26.9. The Labute approximate surface area is 136 Å². The predicted octanol–water partition coefficient (Wildman–Crippen LogP) is 2.62. The topological polar surface area (TPSA) is 57.8 Å². The van der Waals surface area contributed by atoms with Crippen LogP contribution >= 0.6 is 0 Å². The number of aryl methyl sites for hydroxylation is 2. The highest BCUT2D eigenvalue weighted by atomic mass is 16.5. The average molecular weight is 315 g/mol. The molecule has 0 bridgehead atoms. The molecule has 2 aromatic rings. The van der Waals surface area contributed by atoms with Gasteiger partial charge in [0.15, 0.2) is 0 Å². The number of imidazole rings is 1. The van der Waals surface area contributed by atoms with E-state index in [1.54, 1.807) is 0 Å². The van der Waals surface area contributed by atoms with E-state index in [1.807, 2.05) is 19.4 Å². The molecule has 1 saturated heterocycles. The lowest BCUT2D eigenvalue weighted by Crippen LogP contribution is -2.31. The molecule has 2 aromatic heterocycles. The Morgan fingerprint density at radius 1 is 1.26 bits per heavy atom. The van der Waals surface area contributed by atoms with Crippen molar-refractivity contribution < 1.29 is 4.74 Å². The van der Waals surface area contributed by atoms with E-state index in [0.717, 1.165) is 49.9 Å². The largest absolute Gasteiger partial charge is 0.370 e. The third-order valence-corrected chi connectivity index (χ3v) is 5.23. The molecule has 2 aliphatic rings. The highest BCUT2D eigenvalue weighted by molar-refractivity contribution is 5.13. The van der Waals surface area contributed by atoms with Gasteiger partial charge in [-0.3, -0.25) is 0 Å². The van der Waals surface area contributed by atoms with Gasteiger partial charge in [-0.05, 0) is 24.7 Å². The van der Waals surface area contributed by atoms with Gasteiger partial charge in [0.2, 0.25) is 0 Å². The van der Waals surface area contributed by atoms with Crippen molar-refractivity contribution in [1.29, 1.82) is 0 Å². The van der Waals surface area contributed by atoms with Crippen molar-refractivity contribution in [2.24, 2.45) is 12.5 Å². The average Bonchev–Trinajstić information content (AvgIpc) is 3.12. The Morgan fingerprint density at radius 2 is 2.13 bits per heavy atom. The van der Waals surface area contributed by atoms with Crippen LogP contribution < -0.4 is 0 Å². The zero-order valence-electron chi connectivity index (χ0n) is 14.2. The van der Waals surface area contributed by atoms with Crippen molar-refractivity contribution in [3.05, 3.63) is 29.9 Å². The molecule has 0 saturated carbocycles. The maximum atomic E-state index is 6.12. The second-order valence-corrected chi connectivity index (χ2v) is 7.66. The minimum atomic E-state index is -0.0258. The second kappa shape index (κ2) is 5.44. The van der Waals surface area contributed by atoms with Crippen molar-refractivity contribution in [3.63, 3.8) is 0 Å². The van der Waals surface area contributed by atoms with Crippen molar-refractivity contribution >= 4 is 0 Å². The van der Waals surface area contributed by atoms with Crippen LogP contribution in [0.25, 0.3) is 0 Å². The molecular formula is C17H25N5O. The minimum absolute atomic E-state index is 0.0258. The molecule has 0 amide bonds. The molecule has 2 atom stereocenters. The highest BCUT2D eigenvalue weighted by Gasteiger charge is 2.37. The fourth-order valence-electron chi connectivity index (χ4n) is 3.89. The lowest BCUT2D eigenvalue weighted by atomic mass is 9.84. The number of ether oxygens (including phenoxy) is 1. The summed E-state index contributed by atoms with van der Waals surface area (Å²) in [6, 6.07) is 0. The van der Waals surface area contributed by atoms with Crippen LogP contribution in [0.4, 0.5) is 0 Å². The summed E-state index contributed by atoms with van der Waals surface area (Å²) in [4.78, 5) is 4.52. The molecule has 4 heterocycles. The summed E-state index contributed by atoms with van der Waals surface area (Å²) in [6.07, 6.45) is 8.13. The first kappa shape index (κ1) is 14.9. The molecule has 6 nitrogen and oxygen atoms in total. The van der Waals surface area contributed by atoms with Crippen LogP contribution in [0.3, 0.4) is 0 Å². The summed E-state index contributed by atoms with van der Waals surface area (Å²) < 4.78 is 10.5. The standard InChI is InChI=1S/C17H25N5O/c1-17(2)7-6-13-19-20-15(22(13)11-17)12-5-4-10-23-14(12)16-18-8-9-21(16)3/h8-9,12,14H,4-7,10-11H2,1-3H3/t12-,14-/m1/s1. The first-order chi connectivity index (χ1) is 11.1. The smallest absolute Gasteiger partial charge is 0.139 e. The van der Waals surface area contributed by atoms with Crippen LogP contribution in [0.1, 0.15) is 62.6 Å². The van der Waals surface area contributed by atoms with Crippen molar-refractivity contribution in [1.82, 2.24) is 24.3 Å². The fourth-order valence-corrected chi connectivity index (χ4v) is 3.89. The Morgan fingerprint density at radius 3 is 2.91 bits per heavy atom.